The normalized spacial score (nSPS) is 16.0. The summed E-state index contributed by atoms with van der Waals surface area (Å²) in [6.07, 6.45) is 0.220. The summed E-state index contributed by atoms with van der Waals surface area (Å²) in [6.45, 7) is 6.01. The molecule has 7 heteroatoms. The molecule has 0 aromatic heterocycles. The Kier molecular flexibility index (Phi) is 6.52. The van der Waals surface area contributed by atoms with Gasteiger partial charge in [0.05, 0.1) is 24.5 Å². The number of para-hydroxylation sites is 2. The molecule has 7 nitrogen and oxygen atoms in total. The zero-order chi connectivity index (χ0) is 21.8. The predicted octanol–water partition coefficient (Wildman–Crippen LogP) is 2.94. The Labute approximate surface area is 177 Å². The van der Waals surface area contributed by atoms with Gasteiger partial charge < -0.3 is 15.5 Å². The van der Waals surface area contributed by atoms with Gasteiger partial charge in [-0.3, -0.25) is 19.3 Å². The van der Waals surface area contributed by atoms with Crippen molar-refractivity contribution >= 4 is 34.8 Å². The predicted molar refractivity (Wildman–Crippen MR) is 119 cm³/mol. The highest BCUT2D eigenvalue weighted by molar-refractivity contribution is 6.05. The molecule has 3 amide bonds. The van der Waals surface area contributed by atoms with Crippen molar-refractivity contribution in [3.8, 4) is 0 Å². The first kappa shape index (κ1) is 21.5. The first-order chi connectivity index (χ1) is 14.2. The third kappa shape index (κ3) is 5.04. The van der Waals surface area contributed by atoms with E-state index < -0.39 is 0 Å². The molecule has 2 aromatic rings. The molecule has 30 heavy (non-hydrogen) atoms. The van der Waals surface area contributed by atoms with Crippen LogP contribution in [-0.2, 0) is 14.4 Å². The summed E-state index contributed by atoms with van der Waals surface area (Å²) in [6, 6.07) is 12.7. The molecule has 2 N–H and O–H groups in total. The van der Waals surface area contributed by atoms with E-state index in [-0.39, 0.29) is 43.3 Å². The molecule has 0 saturated carbocycles. The molecule has 1 heterocycles. The van der Waals surface area contributed by atoms with Crippen molar-refractivity contribution in [3.63, 3.8) is 0 Å². The monoisotopic (exact) mass is 408 g/mol. The summed E-state index contributed by atoms with van der Waals surface area (Å²) in [4.78, 5) is 40.9. The second kappa shape index (κ2) is 9.09. The number of amides is 3. The van der Waals surface area contributed by atoms with Gasteiger partial charge in [0.25, 0.3) is 0 Å². The van der Waals surface area contributed by atoms with E-state index in [4.69, 9.17) is 0 Å². The number of benzene rings is 2. The maximum absolute atomic E-state index is 13.1. The lowest BCUT2D eigenvalue weighted by Gasteiger charge is -2.29. The van der Waals surface area contributed by atoms with Crippen LogP contribution in [0.1, 0.15) is 24.5 Å². The van der Waals surface area contributed by atoms with Gasteiger partial charge in [-0.05, 0) is 63.2 Å². The number of rotatable bonds is 5. The fraction of sp³-hybridized carbons (Fsp3) is 0.348. The number of aryl methyl sites for hydroxylation is 2. The van der Waals surface area contributed by atoms with Crippen molar-refractivity contribution in [2.24, 2.45) is 0 Å². The fourth-order valence-electron chi connectivity index (χ4n) is 3.60. The van der Waals surface area contributed by atoms with Crippen LogP contribution >= 0.6 is 0 Å². The summed E-state index contributed by atoms with van der Waals surface area (Å²) in [5.41, 5.74) is 4.30. The topological polar surface area (TPSA) is 81.8 Å². The van der Waals surface area contributed by atoms with Crippen molar-refractivity contribution in [1.82, 2.24) is 4.90 Å². The number of hydrogen-bond donors (Lipinski definition) is 2. The number of likely N-dealkylation sites (N-methyl/N-ethyl adjacent to an activating group) is 1. The van der Waals surface area contributed by atoms with E-state index in [0.717, 1.165) is 16.8 Å². The molecular formula is C23H28N4O3. The van der Waals surface area contributed by atoms with Gasteiger partial charge in [0, 0.05) is 18.2 Å². The third-order valence-corrected chi connectivity index (χ3v) is 5.24. The Morgan fingerprint density at radius 3 is 2.60 bits per heavy atom. The summed E-state index contributed by atoms with van der Waals surface area (Å²) < 4.78 is 0. The SMILES string of the molecule is Cc1ccc(NC(=O)CN(C)CC(=O)N2c3ccccc3NC(=O)C[C@H]2C)cc1C. The first-order valence-electron chi connectivity index (χ1n) is 10.0. The Balaban J connectivity index is 1.65. The molecule has 0 bridgehead atoms. The molecule has 2 aromatic carbocycles. The van der Waals surface area contributed by atoms with Crippen molar-refractivity contribution in [1.29, 1.82) is 0 Å². The van der Waals surface area contributed by atoms with Crippen molar-refractivity contribution in [2.45, 2.75) is 33.2 Å². The highest BCUT2D eigenvalue weighted by atomic mass is 16.2. The highest BCUT2D eigenvalue weighted by Gasteiger charge is 2.30. The molecule has 0 saturated heterocycles. The van der Waals surface area contributed by atoms with Crippen LogP contribution in [0.25, 0.3) is 0 Å². The average molecular weight is 409 g/mol. The zero-order valence-corrected chi connectivity index (χ0v) is 17.9. The summed E-state index contributed by atoms with van der Waals surface area (Å²) >= 11 is 0. The van der Waals surface area contributed by atoms with Crippen molar-refractivity contribution in [3.05, 3.63) is 53.6 Å². The number of anilines is 3. The third-order valence-electron chi connectivity index (χ3n) is 5.24. The lowest BCUT2D eigenvalue weighted by atomic mass is 10.1. The maximum atomic E-state index is 13.1. The summed E-state index contributed by atoms with van der Waals surface area (Å²) in [5, 5.41) is 5.72. The number of hydrogen-bond acceptors (Lipinski definition) is 4. The largest absolute Gasteiger partial charge is 0.325 e. The summed E-state index contributed by atoms with van der Waals surface area (Å²) in [5.74, 6) is -0.464. The van der Waals surface area contributed by atoms with E-state index in [0.29, 0.717) is 11.4 Å². The molecule has 0 unspecified atom stereocenters. The van der Waals surface area contributed by atoms with E-state index in [9.17, 15) is 14.4 Å². The van der Waals surface area contributed by atoms with Gasteiger partial charge in [-0.25, -0.2) is 0 Å². The molecule has 3 rings (SSSR count). The van der Waals surface area contributed by atoms with Gasteiger partial charge in [0.2, 0.25) is 17.7 Å². The molecule has 1 aliphatic rings. The summed E-state index contributed by atoms with van der Waals surface area (Å²) in [7, 11) is 1.73. The van der Waals surface area contributed by atoms with Crippen LogP contribution in [0.3, 0.4) is 0 Å². The lowest BCUT2D eigenvalue weighted by Crippen LogP contribution is -2.45. The highest BCUT2D eigenvalue weighted by Crippen LogP contribution is 2.31. The number of fused-ring (bicyclic) bond motifs is 1. The Morgan fingerprint density at radius 1 is 1.13 bits per heavy atom. The van der Waals surface area contributed by atoms with Crippen LogP contribution in [0.2, 0.25) is 0 Å². The molecule has 0 spiro atoms. The van der Waals surface area contributed by atoms with E-state index in [2.05, 4.69) is 10.6 Å². The minimum absolute atomic E-state index is 0.0627. The molecule has 0 fully saturated rings. The van der Waals surface area contributed by atoms with Crippen LogP contribution in [-0.4, -0.2) is 48.8 Å². The maximum Gasteiger partial charge on any atom is 0.241 e. The first-order valence-corrected chi connectivity index (χ1v) is 10.0. The van der Waals surface area contributed by atoms with E-state index in [1.54, 1.807) is 22.9 Å². The molecule has 1 atom stereocenters. The second-order valence-corrected chi connectivity index (χ2v) is 7.90. The second-order valence-electron chi connectivity index (χ2n) is 7.90. The van der Waals surface area contributed by atoms with E-state index in [1.165, 1.54) is 0 Å². The van der Waals surface area contributed by atoms with Crippen LogP contribution in [0, 0.1) is 13.8 Å². The Bertz CT molecular complexity index is 973. The number of carbonyl (C=O) groups is 3. The molecule has 0 aliphatic carbocycles. The van der Waals surface area contributed by atoms with E-state index >= 15 is 0 Å². The van der Waals surface area contributed by atoms with Gasteiger partial charge in [-0.1, -0.05) is 18.2 Å². The fourth-order valence-corrected chi connectivity index (χ4v) is 3.60. The van der Waals surface area contributed by atoms with Gasteiger partial charge in [-0.2, -0.15) is 0 Å². The van der Waals surface area contributed by atoms with Crippen molar-refractivity contribution < 1.29 is 14.4 Å². The van der Waals surface area contributed by atoms with Gasteiger partial charge >= 0.3 is 0 Å². The zero-order valence-electron chi connectivity index (χ0n) is 17.9. The molecule has 158 valence electrons. The smallest absolute Gasteiger partial charge is 0.241 e. The molecule has 1 aliphatic heterocycles. The molecular weight excluding hydrogens is 380 g/mol. The van der Waals surface area contributed by atoms with Crippen molar-refractivity contribution in [2.75, 3.05) is 35.7 Å². The minimum Gasteiger partial charge on any atom is -0.325 e. The Morgan fingerprint density at radius 2 is 1.87 bits per heavy atom. The Hall–Kier alpha value is -3.19. The number of nitrogens with zero attached hydrogens (tertiary/aromatic N) is 2. The number of nitrogens with one attached hydrogen (secondary N) is 2. The van der Waals surface area contributed by atoms with Crippen LogP contribution < -0.4 is 15.5 Å². The minimum atomic E-state index is -0.279. The number of carbonyl (C=O) groups excluding carboxylic acids is 3. The van der Waals surface area contributed by atoms with Gasteiger partial charge in [-0.15, -0.1) is 0 Å². The van der Waals surface area contributed by atoms with Crippen LogP contribution in [0.5, 0.6) is 0 Å². The van der Waals surface area contributed by atoms with E-state index in [1.807, 2.05) is 57.2 Å². The van der Waals surface area contributed by atoms with Crippen LogP contribution in [0.4, 0.5) is 17.1 Å². The standard InChI is InChI=1S/C23H28N4O3/c1-15-9-10-18(11-16(15)2)24-22(29)13-26(4)14-23(30)27-17(3)12-21(28)25-19-7-5-6-8-20(19)27/h5-11,17H,12-14H2,1-4H3,(H,24,29)(H,25,28)/t17-/m1/s1. The lowest BCUT2D eigenvalue weighted by molar-refractivity contribution is -0.121. The van der Waals surface area contributed by atoms with Gasteiger partial charge in [0.1, 0.15) is 0 Å². The van der Waals surface area contributed by atoms with Gasteiger partial charge in [0.15, 0.2) is 0 Å². The quantitative estimate of drug-likeness (QED) is 0.797. The molecule has 0 radical (unpaired) electrons. The van der Waals surface area contributed by atoms with Crippen LogP contribution in [0.15, 0.2) is 42.5 Å². The average Bonchev–Trinajstić information content (AvgIpc) is 2.78.